The van der Waals surface area contributed by atoms with Crippen molar-refractivity contribution in [3.63, 3.8) is 0 Å². The molecule has 1 N–H and O–H groups in total. The van der Waals surface area contributed by atoms with Crippen molar-refractivity contribution in [3.8, 4) is 0 Å². The fourth-order valence-electron chi connectivity index (χ4n) is 5.64. The third-order valence-corrected chi connectivity index (χ3v) is 6.48. The minimum atomic E-state index is 0.561. The lowest BCUT2D eigenvalue weighted by Crippen LogP contribution is -2.65. The van der Waals surface area contributed by atoms with E-state index in [0.29, 0.717) is 5.54 Å². The summed E-state index contributed by atoms with van der Waals surface area (Å²) in [4.78, 5) is 3.01. The van der Waals surface area contributed by atoms with E-state index in [1.807, 2.05) is 0 Å². The molecule has 0 aromatic heterocycles. The number of nitrogens with one attached hydrogen (secondary N) is 1. The minimum Gasteiger partial charge on any atom is -0.314 e. The van der Waals surface area contributed by atoms with E-state index in [1.165, 1.54) is 64.6 Å². The third kappa shape index (κ3) is 1.76. The van der Waals surface area contributed by atoms with Crippen LogP contribution < -0.4 is 5.32 Å². The number of hydrogen-bond acceptors (Lipinski definition) is 2. The van der Waals surface area contributed by atoms with Gasteiger partial charge in [0.05, 0.1) is 0 Å². The second-order valence-corrected chi connectivity index (χ2v) is 7.40. The van der Waals surface area contributed by atoms with Gasteiger partial charge in [0.25, 0.3) is 0 Å². The van der Waals surface area contributed by atoms with Crippen LogP contribution in [-0.2, 0) is 0 Å². The van der Waals surface area contributed by atoms with Crippen LogP contribution in [0.1, 0.15) is 57.8 Å². The second-order valence-electron chi connectivity index (χ2n) is 7.40. The molecule has 2 bridgehead atoms. The lowest BCUT2D eigenvalue weighted by Gasteiger charge is -2.54. The molecule has 4 rings (SSSR count). The van der Waals surface area contributed by atoms with Gasteiger partial charge >= 0.3 is 0 Å². The average Bonchev–Trinajstić information content (AvgIpc) is 3.02. The van der Waals surface area contributed by atoms with Gasteiger partial charge in [-0.25, -0.2) is 0 Å². The molecule has 3 atom stereocenters. The number of hydrogen-bond donors (Lipinski definition) is 1. The molecule has 0 radical (unpaired) electrons. The summed E-state index contributed by atoms with van der Waals surface area (Å²) in [5, 5.41) is 3.70. The van der Waals surface area contributed by atoms with Crippen LogP contribution in [0.5, 0.6) is 0 Å². The molecule has 1 saturated heterocycles. The van der Waals surface area contributed by atoms with Crippen LogP contribution >= 0.6 is 0 Å². The van der Waals surface area contributed by atoms with Gasteiger partial charge in [-0.3, -0.25) is 4.90 Å². The van der Waals surface area contributed by atoms with Crippen LogP contribution in [0.3, 0.4) is 0 Å². The van der Waals surface area contributed by atoms with Gasteiger partial charge < -0.3 is 5.32 Å². The number of nitrogens with zero attached hydrogens (tertiary/aromatic N) is 1. The monoisotopic (exact) mass is 248 g/mol. The van der Waals surface area contributed by atoms with Crippen molar-refractivity contribution in [1.82, 2.24) is 10.2 Å². The predicted molar refractivity (Wildman–Crippen MR) is 74.6 cm³/mol. The molecule has 2 nitrogen and oxygen atoms in total. The molecule has 3 saturated carbocycles. The summed E-state index contributed by atoms with van der Waals surface area (Å²) in [6.07, 6.45) is 13.5. The Morgan fingerprint density at radius 1 is 1.00 bits per heavy atom. The van der Waals surface area contributed by atoms with Crippen molar-refractivity contribution in [3.05, 3.63) is 0 Å². The van der Waals surface area contributed by atoms with Gasteiger partial charge in [0.15, 0.2) is 0 Å². The Labute approximate surface area is 111 Å². The SMILES string of the molecule is C1CCC2(CC1)CNCCN2C1CC2CCC1C2. The first kappa shape index (κ1) is 11.7. The number of rotatable bonds is 1. The van der Waals surface area contributed by atoms with Crippen LogP contribution in [0, 0.1) is 11.8 Å². The van der Waals surface area contributed by atoms with Crippen molar-refractivity contribution in [2.45, 2.75) is 69.4 Å². The van der Waals surface area contributed by atoms with Crippen molar-refractivity contribution >= 4 is 0 Å². The molecule has 0 amide bonds. The van der Waals surface area contributed by atoms with Gasteiger partial charge in [-0.05, 0) is 43.9 Å². The lowest BCUT2D eigenvalue weighted by molar-refractivity contribution is -0.0246. The van der Waals surface area contributed by atoms with Gasteiger partial charge in [-0.2, -0.15) is 0 Å². The maximum absolute atomic E-state index is 3.70. The molecule has 3 aliphatic carbocycles. The maximum Gasteiger partial charge on any atom is 0.0337 e. The van der Waals surface area contributed by atoms with E-state index in [-0.39, 0.29) is 0 Å². The molecule has 1 spiro atoms. The Kier molecular flexibility index (Phi) is 2.92. The number of piperazine rings is 1. The molecule has 1 aliphatic heterocycles. The lowest BCUT2D eigenvalue weighted by atomic mass is 9.76. The van der Waals surface area contributed by atoms with Gasteiger partial charge in [0.2, 0.25) is 0 Å². The smallest absolute Gasteiger partial charge is 0.0337 e. The molecular weight excluding hydrogens is 220 g/mol. The molecule has 4 aliphatic rings. The van der Waals surface area contributed by atoms with Crippen LogP contribution in [0.4, 0.5) is 0 Å². The van der Waals surface area contributed by atoms with E-state index in [1.54, 1.807) is 12.8 Å². The van der Waals surface area contributed by atoms with Gasteiger partial charge in [-0.1, -0.05) is 25.7 Å². The fourth-order valence-corrected chi connectivity index (χ4v) is 5.64. The average molecular weight is 248 g/mol. The van der Waals surface area contributed by atoms with E-state index in [2.05, 4.69) is 10.2 Å². The summed E-state index contributed by atoms with van der Waals surface area (Å²) in [5.41, 5.74) is 0.561. The van der Waals surface area contributed by atoms with Crippen molar-refractivity contribution < 1.29 is 0 Å². The first-order chi connectivity index (χ1) is 8.87. The summed E-state index contributed by atoms with van der Waals surface area (Å²) in [5.74, 6) is 2.16. The highest BCUT2D eigenvalue weighted by molar-refractivity contribution is 5.05. The van der Waals surface area contributed by atoms with Crippen molar-refractivity contribution in [1.29, 1.82) is 0 Å². The number of fused-ring (bicyclic) bond motifs is 2. The normalized spacial score (nSPS) is 43.7. The third-order valence-electron chi connectivity index (χ3n) is 6.48. The van der Waals surface area contributed by atoms with E-state index in [9.17, 15) is 0 Å². The van der Waals surface area contributed by atoms with Gasteiger partial charge in [0.1, 0.15) is 0 Å². The second kappa shape index (κ2) is 4.49. The van der Waals surface area contributed by atoms with Gasteiger partial charge in [0, 0.05) is 31.2 Å². The molecule has 2 heteroatoms. The topological polar surface area (TPSA) is 15.3 Å². The molecule has 4 fully saturated rings. The summed E-state index contributed by atoms with van der Waals surface area (Å²) < 4.78 is 0. The fraction of sp³-hybridized carbons (Fsp3) is 1.00. The molecule has 0 aromatic rings. The Bertz CT molecular complexity index is 300. The predicted octanol–water partition coefficient (Wildman–Crippen LogP) is 2.78. The van der Waals surface area contributed by atoms with E-state index < -0.39 is 0 Å². The molecule has 1 heterocycles. The summed E-state index contributed by atoms with van der Waals surface area (Å²) in [7, 11) is 0. The zero-order valence-electron chi connectivity index (χ0n) is 11.7. The Hall–Kier alpha value is -0.0800. The quantitative estimate of drug-likeness (QED) is 0.767. The van der Waals surface area contributed by atoms with Crippen LogP contribution in [0.15, 0.2) is 0 Å². The summed E-state index contributed by atoms with van der Waals surface area (Å²) in [6.45, 7) is 3.84. The van der Waals surface area contributed by atoms with Crippen LogP contribution in [0.2, 0.25) is 0 Å². The molecule has 3 unspecified atom stereocenters. The zero-order valence-corrected chi connectivity index (χ0v) is 11.7. The molecule has 0 aromatic carbocycles. The van der Waals surface area contributed by atoms with Crippen molar-refractivity contribution in [2.75, 3.05) is 19.6 Å². The standard InChI is InChI=1S/C16H28N2/c1-2-6-16(7-3-1)12-17-8-9-18(16)15-11-13-4-5-14(15)10-13/h13-15,17H,1-12H2. The summed E-state index contributed by atoms with van der Waals surface area (Å²) >= 11 is 0. The Morgan fingerprint density at radius 3 is 2.61 bits per heavy atom. The molecular formula is C16H28N2. The highest BCUT2D eigenvalue weighted by atomic mass is 15.3. The first-order valence-electron chi connectivity index (χ1n) is 8.35. The van der Waals surface area contributed by atoms with E-state index >= 15 is 0 Å². The summed E-state index contributed by atoms with van der Waals surface area (Å²) in [6, 6.07) is 0.962. The molecule has 102 valence electrons. The van der Waals surface area contributed by atoms with Gasteiger partial charge in [-0.15, -0.1) is 0 Å². The first-order valence-corrected chi connectivity index (χ1v) is 8.35. The Morgan fingerprint density at radius 2 is 1.89 bits per heavy atom. The molecule has 18 heavy (non-hydrogen) atoms. The largest absolute Gasteiger partial charge is 0.314 e. The van der Waals surface area contributed by atoms with E-state index in [0.717, 1.165) is 17.9 Å². The highest BCUT2D eigenvalue weighted by Gasteiger charge is 2.49. The van der Waals surface area contributed by atoms with Crippen molar-refractivity contribution in [2.24, 2.45) is 11.8 Å². The minimum absolute atomic E-state index is 0.561. The Balaban J connectivity index is 1.57. The highest BCUT2D eigenvalue weighted by Crippen LogP contribution is 2.49. The van der Waals surface area contributed by atoms with Crippen LogP contribution in [-0.4, -0.2) is 36.1 Å². The van der Waals surface area contributed by atoms with E-state index in [4.69, 9.17) is 0 Å². The van der Waals surface area contributed by atoms with Crippen LogP contribution in [0.25, 0.3) is 0 Å². The zero-order chi connectivity index (χ0) is 12.0. The maximum atomic E-state index is 3.70.